The molecule has 1 aromatic rings. The molecule has 4 nitrogen and oxygen atoms in total. The normalized spacial score (nSPS) is 24.2. The number of halogens is 1. The lowest BCUT2D eigenvalue weighted by Crippen LogP contribution is -2.53. The minimum absolute atomic E-state index is 0.274. The van der Waals surface area contributed by atoms with E-state index in [2.05, 4.69) is 4.72 Å². The van der Waals surface area contributed by atoms with Crippen LogP contribution in [0.4, 0.5) is 4.39 Å². The van der Waals surface area contributed by atoms with Gasteiger partial charge in [-0.3, -0.25) is 0 Å². The molecular formula is C18H26FNO3S. The van der Waals surface area contributed by atoms with Gasteiger partial charge in [0.25, 0.3) is 0 Å². The largest absolute Gasteiger partial charge is 0.348 e. The SMILES string of the molecule is CC(C)(C)S(=O)NC1(c2cccc(F)c2)CCC2(CC1)OCCO2. The fourth-order valence-corrected chi connectivity index (χ4v) is 4.39. The van der Waals surface area contributed by atoms with Crippen molar-refractivity contribution < 1.29 is 18.1 Å². The quantitative estimate of drug-likeness (QED) is 0.904. The van der Waals surface area contributed by atoms with Crippen molar-refractivity contribution in [3.63, 3.8) is 0 Å². The molecule has 3 rings (SSSR count). The summed E-state index contributed by atoms with van der Waals surface area (Å²) in [5.74, 6) is -0.786. The van der Waals surface area contributed by atoms with Gasteiger partial charge in [0.05, 0.1) is 34.5 Å². The minimum Gasteiger partial charge on any atom is -0.348 e. The lowest BCUT2D eigenvalue weighted by atomic mass is 9.75. The van der Waals surface area contributed by atoms with Gasteiger partial charge in [0.2, 0.25) is 0 Å². The zero-order chi connectivity index (χ0) is 17.4. The number of benzene rings is 1. The Balaban J connectivity index is 1.89. The van der Waals surface area contributed by atoms with Gasteiger partial charge < -0.3 is 9.47 Å². The van der Waals surface area contributed by atoms with Crippen molar-refractivity contribution in [2.24, 2.45) is 0 Å². The van der Waals surface area contributed by atoms with Gasteiger partial charge in [-0.1, -0.05) is 12.1 Å². The first-order valence-electron chi connectivity index (χ1n) is 8.49. The highest BCUT2D eigenvalue weighted by Crippen LogP contribution is 2.45. The zero-order valence-corrected chi connectivity index (χ0v) is 15.4. The summed E-state index contributed by atoms with van der Waals surface area (Å²) in [5.41, 5.74) is 0.314. The molecule has 1 saturated carbocycles. The first-order chi connectivity index (χ1) is 11.2. The van der Waals surface area contributed by atoms with Gasteiger partial charge in [-0.15, -0.1) is 0 Å². The Morgan fingerprint density at radius 3 is 2.29 bits per heavy atom. The first-order valence-corrected chi connectivity index (χ1v) is 9.63. The number of hydrogen-bond acceptors (Lipinski definition) is 3. The van der Waals surface area contributed by atoms with Gasteiger partial charge in [0, 0.05) is 12.8 Å². The summed E-state index contributed by atoms with van der Waals surface area (Å²) in [6, 6.07) is 6.60. The Morgan fingerprint density at radius 2 is 1.75 bits per heavy atom. The molecule has 1 spiro atoms. The third-order valence-corrected chi connectivity index (χ3v) is 6.59. The summed E-state index contributed by atoms with van der Waals surface area (Å²) in [6.45, 7) is 7.04. The summed E-state index contributed by atoms with van der Waals surface area (Å²) in [5, 5.41) is 0. The Morgan fingerprint density at radius 1 is 1.12 bits per heavy atom. The molecule has 1 atom stereocenters. The van der Waals surface area contributed by atoms with Crippen LogP contribution in [-0.4, -0.2) is 28.0 Å². The molecule has 2 fully saturated rings. The number of ether oxygens (including phenoxy) is 2. The van der Waals surface area contributed by atoms with Crippen LogP contribution in [0.25, 0.3) is 0 Å². The standard InChI is InChI=1S/C18H26FNO3S/c1-16(2,3)24(21)20-17(14-5-4-6-15(19)13-14)7-9-18(10-8-17)22-11-12-23-18/h4-6,13,20H,7-12H2,1-3H3. The van der Waals surface area contributed by atoms with Gasteiger partial charge >= 0.3 is 0 Å². The molecule has 1 aliphatic heterocycles. The Labute approximate surface area is 145 Å². The van der Waals surface area contributed by atoms with E-state index in [0.29, 0.717) is 38.9 Å². The first kappa shape index (κ1) is 18.0. The van der Waals surface area contributed by atoms with Crippen LogP contribution in [0, 0.1) is 5.82 Å². The zero-order valence-electron chi connectivity index (χ0n) is 14.6. The van der Waals surface area contributed by atoms with Crippen molar-refractivity contribution in [1.29, 1.82) is 0 Å². The fraction of sp³-hybridized carbons (Fsp3) is 0.667. The summed E-state index contributed by atoms with van der Waals surface area (Å²) < 4.78 is 41.1. The van der Waals surface area contributed by atoms with Crippen LogP contribution in [0.2, 0.25) is 0 Å². The maximum Gasteiger partial charge on any atom is 0.168 e. The van der Waals surface area contributed by atoms with Crippen molar-refractivity contribution in [1.82, 2.24) is 4.72 Å². The van der Waals surface area contributed by atoms with Crippen LogP contribution in [0.1, 0.15) is 52.0 Å². The van der Waals surface area contributed by atoms with Crippen molar-refractivity contribution in [2.75, 3.05) is 13.2 Å². The van der Waals surface area contributed by atoms with Crippen LogP contribution in [0.15, 0.2) is 24.3 Å². The van der Waals surface area contributed by atoms with Crippen LogP contribution in [0.3, 0.4) is 0 Å². The summed E-state index contributed by atoms with van der Waals surface area (Å²) in [4.78, 5) is 0. The molecule has 0 amide bonds. The molecule has 0 bridgehead atoms. The molecule has 1 N–H and O–H groups in total. The molecule has 1 aliphatic carbocycles. The van der Waals surface area contributed by atoms with E-state index < -0.39 is 27.1 Å². The number of hydrogen-bond donors (Lipinski definition) is 1. The second kappa shape index (κ2) is 6.48. The molecular weight excluding hydrogens is 329 g/mol. The second-order valence-electron chi connectivity index (χ2n) is 7.68. The molecule has 0 aromatic heterocycles. The average Bonchev–Trinajstić information content (AvgIpc) is 2.98. The molecule has 2 aliphatic rings. The van der Waals surface area contributed by atoms with Crippen molar-refractivity contribution >= 4 is 11.0 Å². The van der Waals surface area contributed by atoms with Gasteiger partial charge in [-0.05, 0) is 51.3 Å². The molecule has 1 aromatic carbocycles. The van der Waals surface area contributed by atoms with Gasteiger partial charge in [0.1, 0.15) is 5.82 Å². The number of nitrogens with one attached hydrogen (secondary N) is 1. The highest BCUT2D eigenvalue weighted by molar-refractivity contribution is 7.84. The maximum atomic E-state index is 13.8. The third-order valence-electron chi connectivity index (χ3n) is 4.90. The third kappa shape index (κ3) is 3.57. The van der Waals surface area contributed by atoms with Gasteiger partial charge in [-0.2, -0.15) is 0 Å². The van der Waals surface area contributed by atoms with Crippen LogP contribution >= 0.6 is 0 Å². The smallest absolute Gasteiger partial charge is 0.168 e. The summed E-state index contributed by atoms with van der Waals surface area (Å²) in [7, 11) is -1.25. The minimum atomic E-state index is -1.25. The van der Waals surface area contributed by atoms with Crippen LogP contribution < -0.4 is 4.72 Å². The van der Waals surface area contributed by atoms with E-state index in [1.165, 1.54) is 6.07 Å². The number of rotatable bonds is 3. The lowest BCUT2D eigenvalue weighted by molar-refractivity contribution is -0.185. The van der Waals surface area contributed by atoms with E-state index in [1.54, 1.807) is 12.1 Å². The van der Waals surface area contributed by atoms with E-state index in [9.17, 15) is 8.60 Å². The van der Waals surface area contributed by atoms with E-state index in [0.717, 1.165) is 5.56 Å². The predicted octanol–water partition coefficient (Wildman–Crippen LogP) is 3.39. The average molecular weight is 355 g/mol. The van der Waals surface area contributed by atoms with Crippen molar-refractivity contribution in [3.8, 4) is 0 Å². The maximum absolute atomic E-state index is 13.8. The molecule has 1 heterocycles. The Kier molecular flexibility index (Phi) is 4.86. The van der Waals surface area contributed by atoms with E-state index in [-0.39, 0.29) is 5.82 Å². The monoisotopic (exact) mass is 355 g/mol. The molecule has 0 radical (unpaired) electrons. The molecule has 1 saturated heterocycles. The molecule has 134 valence electrons. The summed E-state index contributed by atoms with van der Waals surface area (Å²) in [6.07, 6.45) is 2.80. The molecule has 24 heavy (non-hydrogen) atoms. The van der Waals surface area contributed by atoms with Gasteiger partial charge in [0.15, 0.2) is 5.79 Å². The van der Waals surface area contributed by atoms with Crippen LogP contribution in [0.5, 0.6) is 0 Å². The van der Waals surface area contributed by atoms with E-state index in [4.69, 9.17) is 9.47 Å². The lowest BCUT2D eigenvalue weighted by Gasteiger charge is -2.45. The summed E-state index contributed by atoms with van der Waals surface area (Å²) >= 11 is 0. The fourth-order valence-electron chi connectivity index (χ4n) is 3.41. The highest BCUT2D eigenvalue weighted by atomic mass is 32.2. The molecule has 6 heteroatoms. The van der Waals surface area contributed by atoms with E-state index >= 15 is 0 Å². The van der Waals surface area contributed by atoms with Crippen molar-refractivity contribution in [3.05, 3.63) is 35.6 Å². The molecule has 1 unspecified atom stereocenters. The Hall–Kier alpha value is -0.820. The topological polar surface area (TPSA) is 47.6 Å². The van der Waals surface area contributed by atoms with E-state index in [1.807, 2.05) is 26.8 Å². The highest BCUT2D eigenvalue weighted by Gasteiger charge is 2.48. The van der Waals surface area contributed by atoms with Crippen molar-refractivity contribution in [2.45, 2.75) is 62.5 Å². The van der Waals surface area contributed by atoms with Crippen LogP contribution in [-0.2, 0) is 26.0 Å². The predicted molar refractivity (Wildman–Crippen MR) is 92.2 cm³/mol. The second-order valence-corrected chi connectivity index (χ2v) is 9.65. The Bertz CT molecular complexity index is 613. The van der Waals surface area contributed by atoms with Gasteiger partial charge in [-0.25, -0.2) is 13.3 Å².